The molecule has 0 amide bonds. The molecule has 0 aromatic rings. The van der Waals surface area contributed by atoms with Crippen LogP contribution < -0.4 is 5.73 Å². The Morgan fingerprint density at radius 1 is 0.607 bits per heavy atom. The van der Waals surface area contributed by atoms with Crippen LogP contribution in [0, 0.1) is 5.41 Å². The fourth-order valence-corrected chi connectivity index (χ4v) is 4.32. The van der Waals surface area contributed by atoms with Crippen LogP contribution in [0.2, 0.25) is 0 Å². The molecule has 0 heterocycles. The summed E-state index contributed by atoms with van der Waals surface area (Å²) >= 11 is 0. The van der Waals surface area contributed by atoms with E-state index in [0.29, 0.717) is 0 Å². The van der Waals surface area contributed by atoms with Crippen LogP contribution >= 0.6 is 0 Å². The van der Waals surface area contributed by atoms with Crippen LogP contribution in [0.25, 0.3) is 0 Å². The van der Waals surface area contributed by atoms with Crippen LogP contribution in [0.3, 0.4) is 0 Å². The van der Waals surface area contributed by atoms with Gasteiger partial charge in [0.05, 0.1) is 5.41 Å². The van der Waals surface area contributed by atoms with Crippen molar-refractivity contribution in [1.29, 1.82) is 0 Å². The van der Waals surface area contributed by atoms with Crippen molar-refractivity contribution < 1.29 is 9.90 Å². The van der Waals surface area contributed by atoms with Crippen molar-refractivity contribution in [2.75, 3.05) is 6.54 Å². The Kier molecular flexibility index (Phi) is 19.3. The van der Waals surface area contributed by atoms with Gasteiger partial charge in [-0.2, -0.15) is 0 Å². The number of hydrogen-bond donors (Lipinski definition) is 2. The first-order chi connectivity index (χ1) is 13.6. The van der Waals surface area contributed by atoms with E-state index in [1.165, 1.54) is 83.5 Å². The van der Waals surface area contributed by atoms with Crippen molar-refractivity contribution in [3.8, 4) is 0 Å². The van der Waals surface area contributed by atoms with Gasteiger partial charge < -0.3 is 10.8 Å². The molecule has 0 radical (unpaired) electrons. The highest BCUT2D eigenvalue weighted by Gasteiger charge is 2.36. The van der Waals surface area contributed by atoms with Gasteiger partial charge in [0.1, 0.15) is 0 Å². The zero-order valence-corrected chi connectivity index (χ0v) is 19.3. The van der Waals surface area contributed by atoms with Crippen LogP contribution in [-0.4, -0.2) is 17.6 Å². The van der Waals surface area contributed by atoms with Crippen molar-refractivity contribution in [3.63, 3.8) is 0 Å². The monoisotopic (exact) mass is 397 g/mol. The third kappa shape index (κ3) is 14.4. The quantitative estimate of drug-likeness (QED) is 0.183. The summed E-state index contributed by atoms with van der Waals surface area (Å²) in [6.07, 6.45) is 23.2. The molecule has 0 fully saturated rings. The average Bonchev–Trinajstić information content (AvgIpc) is 2.68. The van der Waals surface area contributed by atoms with E-state index in [-0.39, 0.29) is 0 Å². The van der Waals surface area contributed by atoms with Gasteiger partial charge in [-0.05, 0) is 32.2 Å². The Morgan fingerprint density at radius 3 is 1.25 bits per heavy atom. The van der Waals surface area contributed by atoms with Gasteiger partial charge in [-0.1, -0.05) is 117 Å². The number of rotatable bonds is 22. The molecule has 3 nitrogen and oxygen atoms in total. The number of aliphatic carboxylic acids is 1. The van der Waals surface area contributed by atoms with Crippen molar-refractivity contribution in [2.24, 2.45) is 11.1 Å². The molecular weight excluding hydrogens is 346 g/mol. The van der Waals surface area contributed by atoms with E-state index in [4.69, 9.17) is 5.73 Å². The molecule has 3 N–H and O–H groups in total. The summed E-state index contributed by atoms with van der Waals surface area (Å²) in [4.78, 5) is 12.3. The molecule has 3 heteroatoms. The molecule has 0 aliphatic carbocycles. The number of carbonyl (C=O) groups is 1. The van der Waals surface area contributed by atoms with Gasteiger partial charge in [0.15, 0.2) is 0 Å². The first-order valence-corrected chi connectivity index (χ1v) is 12.6. The van der Waals surface area contributed by atoms with E-state index < -0.39 is 11.4 Å². The smallest absolute Gasteiger partial charge is 0.309 e. The summed E-state index contributed by atoms with van der Waals surface area (Å²) in [7, 11) is 0. The lowest BCUT2D eigenvalue weighted by molar-refractivity contribution is -0.150. The van der Waals surface area contributed by atoms with E-state index in [0.717, 1.165) is 51.5 Å². The average molecular weight is 398 g/mol. The summed E-state index contributed by atoms with van der Waals surface area (Å²) in [6.45, 7) is 5.26. The maximum Gasteiger partial charge on any atom is 0.309 e. The standard InChI is InChI=1S/C25H51NO2/c1-3-5-7-12-16-20-25(24(27)28,21-17-13-8-6-4-2)22-18-14-10-9-11-15-19-23-26/h3-23,26H2,1-2H3,(H,27,28). The summed E-state index contributed by atoms with van der Waals surface area (Å²) in [5, 5.41) is 10.1. The van der Waals surface area contributed by atoms with Crippen molar-refractivity contribution in [2.45, 2.75) is 142 Å². The minimum atomic E-state index is -0.526. The van der Waals surface area contributed by atoms with Crippen LogP contribution in [0.15, 0.2) is 0 Å². The number of nitrogens with two attached hydrogens (primary N) is 1. The van der Waals surface area contributed by atoms with Crippen molar-refractivity contribution >= 4 is 5.97 Å². The summed E-state index contributed by atoms with van der Waals surface area (Å²) < 4.78 is 0. The van der Waals surface area contributed by atoms with Gasteiger partial charge in [-0.3, -0.25) is 4.79 Å². The minimum Gasteiger partial charge on any atom is -0.481 e. The van der Waals surface area contributed by atoms with E-state index in [2.05, 4.69) is 13.8 Å². The molecule has 0 bridgehead atoms. The lowest BCUT2D eigenvalue weighted by Crippen LogP contribution is -2.31. The molecule has 0 saturated heterocycles. The topological polar surface area (TPSA) is 63.3 Å². The van der Waals surface area contributed by atoms with E-state index in [1.54, 1.807) is 0 Å². The molecule has 0 aliphatic heterocycles. The fourth-order valence-electron chi connectivity index (χ4n) is 4.32. The minimum absolute atomic E-state index is 0.460. The Bertz CT molecular complexity index is 329. The highest BCUT2D eigenvalue weighted by molar-refractivity contribution is 5.74. The number of carboxylic acids is 1. The zero-order valence-electron chi connectivity index (χ0n) is 19.3. The summed E-state index contributed by atoms with van der Waals surface area (Å²) in [6, 6.07) is 0. The molecule has 0 spiro atoms. The molecule has 0 atom stereocenters. The van der Waals surface area contributed by atoms with Crippen LogP contribution in [0.5, 0.6) is 0 Å². The number of carboxylic acid groups (broad SMARTS) is 1. The number of unbranched alkanes of at least 4 members (excludes halogenated alkanes) is 14. The summed E-state index contributed by atoms with van der Waals surface area (Å²) in [5.74, 6) is -0.526. The van der Waals surface area contributed by atoms with Crippen LogP contribution in [0.4, 0.5) is 0 Å². The lowest BCUT2D eigenvalue weighted by atomic mass is 9.74. The predicted molar refractivity (Wildman–Crippen MR) is 123 cm³/mol. The maximum absolute atomic E-state index is 12.3. The Hall–Kier alpha value is -0.570. The Morgan fingerprint density at radius 2 is 0.929 bits per heavy atom. The largest absolute Gasteiger partial charge is 0.481 e. The molecule has 0 aromatic carbocycles. The molecule has 0 aromatic heterocycles. The first kappa shape index (κ1) is 27.4. The van der Waals surface area contributed by atoms with Gasteiger partial charge in [-0.15, -0.1) is 0 Å². The molecule has 0 unspecified atom stereocenters. The van der Waals surface area contributed by atoms with Crippen LogP contribution in [-0.2, 0) is 4.79 Å². The Balaban J connectivity index is 4.41. The zero-order chi connectivity index (χ0) is 20.9. The lowest BCUT2D eigenvalue weighted by Gasteiger charge is -2.30. The Labute approximate surface area is 176 Å². The van der Waals surface area contributed by atoms with Gasteiger partial charge in [0.25, 0.3) is 0 Å². The molecule has 0 rings (SSSR count). The van der Waals surface area contributed by atoms with Gasteiger partial charge in [0, 0.05) is 0 Å². The van der Waals surface area contributed by atoms with Crippen molar-refractivity contribution in [3.05, 3.63) is 0 Å². The van der Waals surface area contributed by atoms with E-state index >= 15 is 0 Å². The van der Waals surface area contributed by atoms with Gasteiger partial charge in [0.2, 0.25) is 0 Å². The highest BCUT2D eigenvalue weighted by atomic mass is 16.4. The molecular formula is C25H51NO2. The second kappa shape index (κ2) is 19.7. The molecule has 28 heavy (non-hydrogen) atoms. The maximum atomic E-state index is 12.3. The third-order valence-corrected chi connectivity index (χ3v) is 6.33. The highest BCUT2D eigenvalue weighted by Crippen LogP contribution is 2.38. The normalized spacial score (nSPS) is 11.8. The van der Waals surface area contributed by atoms with E-state index in [9.17, 15) is 9.90 Å². The van der Waals surface area contributed by atoms with Crippen molar-refractivity contribution in [1.82, 2.24) is 0 Å². The van der Waals surface area contributed by atoms with Crippen LogP contribution in [0.1, 0.15) is 142 Å². The molecule has 0 aliphatic rings. The fraction of sp³-hybridized carbons (Fsp3) is 0.960. The first-order valence-electron chi connectivity index (χ1n) is 12.6. The molecule has 168 valence electrons. The van der Waals surface area contributed by atoms with Gasteiger partial charge in [-0.25, -0.2) is 0 Å². The molecule has 0 saturated carbocycles. The SMILES string of the molecule is CCCCCCCC(CCCCCCC)(CCCCCCCCCN)C(=O)O. The second-order valence-electron chi connectivity index (χ2n) is 8.93. The van der Waals surface area contributed by atoms with E-state index in [1.807, 2.05) is 0 Å². The third-order valence-electron chi connectivity index (χ3n) is 6.33. The van der Waals surface area contributed by atoms with Gasteiger partial charge >= 0.3 is 5.97 Å². The predicted octanol–water partition coefficient (Wildman–Crippen LogP) is 7.86. The second-order valence-corrected chi connectivity index (χ2v) is 8.93. The number of hydrogen-bond acceptors (Lipinski definition) is 2. The summed E-state index contributed by atoms with van der Waals surface area (Å²) in [5.41, 5.74) is 5.08.